The number of nitrogen functional groups attached to an aromatic ring is 1. The molecule has 0 heterocycles. The molecule has 3 N–H and O–H groups in total. The minimum atomic E-state index is -3.57. The zero-order valence-corrected chi connectivity index (χ0v) is 14.8. The monoisotopic (exact) mass is 310 g/mol. The van der Waals surface area contributed by atoms with Crippen molar-refractivity contribution >= 4 is 15.7 Å². The van der Waals surface area contributed by atoms with Gasteiger partial charge in [0, 0.05) is 11.7 Å². The molecule has 1 aliphatic rings. The molecule has 1 fully saturated rings. The van der Waals surface area contributed by atoms with Crippen molar-refractivity contribution in [3.05, 3.63) is 22.8 Å². The lowest BCUT2D eigenvalue weighted by molar-refractivity contribution is 0.457. The van der Waals surface area contributed by atoms with E-state index in [2.05, 4.69) is 32.4 Å². The summed E-state index contributed by atoms with van der Waals surface area (Å²) < 4.78 is 28.5. The summed E-state index contributed by atoms with van der Waals surface area (Å²) in [5, 5.41) is 0. The average molecular weight is 310 g/mol. The molecule has 1 aliphatic carbocycles. The number of rotatable bonds is 3. The van der Waals surface area contributed by atoms with Crippen LogP contribution in [0.5, 0.6) is 0 Å². The van der Waals surface area contributed by atoms with Crippen LogP contribution in [0.2, 0.25) is 0 Å². The van der Waals surface area contributed by atoms with Crippen LogP contribution in [0.25, 0.3) is 0 Å². The number of hydrogen-bond donors (Lipinski definition) is 2. The van der Waals surface area contributed by atoms with Gasteiger partial charge in [-0.1, -0.05) is 33.8 Å². The van der Waals surface area contributed by atoms with Gasteiger partial charge in [-0.3, -0.25) is 0 Å². The minimum Gasteiger partial charge on any atom is -0.398 e. The Balaban J connectivity index is 2.46. The third kappa shape index (κ3) is 2.27. The molecule has 0 saturated heterocycles. The SMILES string of the molecule is Cc1cc(C)c(S(=O)(=O)NC2C(C)(C)C2(C)C)c(C)c1N. The first kappa shape index (κ1) is 16.3. The number of sulfonamides is 1. The molecule has 0 spiro atoms. The van der Waals surface area contributed by atoms with Gasteiger partial charge in [-0.05, 0) is 48.3 Å². The molecule has 118 valence electrons. The smallest absolute Gasteiger partial charge is 0.241 e. The predicted octanol–water partition coefficient (Wildman–Crippen LogP) is 2.91. The first-order chi connectivity index (χ1) is 9.34. The van der Waals surface area contributed by atoms with Crippen LogP contribution in [-0.4, -0.2) is 14.5 Å². The molecule has 1 saturated carbocycles. The van der Waals surface area contributed by atoms with Gasteiger partial charge in [0.15, 0.2) is 0 Å². The van der Waals surface area contributed by atoms with Crippen LogP contribution in [0.15, 0.2) is 11.0 Å². The number of anilines is 1. The van der Waals surface area contributed by atoms with Crippen LogP contribution >= 0.6 is 0 Å². The highest BCUT2D eigenvalue weighted by atomic mass is 32.2. The largest absolute Gasteiger partial charge is 0.398 e. The Bertz CT molecular complexity index is 689. The second-order valence-corrected chi connectivity index (χ2v) is 9.03. The van der Waals surface area contributed by atoms with E-state index in [0.717, 1.165) is 11.1 Å². The van der Waals surface area contributed by atoms with Crippen molar-refractivity contribution in [3.63, 3.8) is 0 Å². The van der Waals surface area contributed by atoms with Crippen LogP contribution in [0, 0.1) is 31.6 Å². The summed E-state index contributed by atoms with van der Waals surface area (Å²) >= 11 is 0. The van der Waals surface area contributed by atoms with Crippen molar-refractivity contribution < 1.29 is 8.42 Å². The fraction of sp³-hybridized carbons (Fsp3) is 0.625. The molecule has 0 aromatic heterocycles. The normalized spacial score (nSPS) is 20.5. The molecule has 5 heteroatoms. The molecule has 1 aromatic rings. The van der Waals surface area contributed by atoms with Gasteiger partial charge in [-0.15, -0.1) is 0 Å². The highest BCUT2D eigenvalue weighted by Crippen LogP contribution is 2.63. The zero-order chi connectivity index (χ0) is 16.4. The molecule has 1 aromatic carbocycles. The Hall–Kier alpha value is -1.07. The standard InChI is InChI=1S/C16H26N2O2S/c1-9-8-10(2)13(11(3)12(9)17)21(19,20)18-14-15(4,5)16(14,6)7/h8,14,18H,17H2,1-7H3. The lowest BCUT2D eigenvalue weighted by Gasteiger charge is -2.16. The fourth-order valence-corrected chi connectivity index (χ4v) is 5.31. The molecule has 2 rings (SSSR count). The van der Waals surface area contributed by atoms with E-state index in [0.29, 0.717) is 16.1 Å². The van der Waals surface area contributed by atoms with Gasteiger partial charge in [0.25, 0.3) is 0 Å². The lowest BCUT2D eigenvalue weighted by Crippen LogP contribution is -2.31. The first-order valence-corrected chi connectivity index (χ1v) is 8.71. The van der Waals surface area contributed by atoms with Gasteiger partial charge in [0.2, 0.25) is 10.0 Å². The van der Waals surface area contributed by atoms with E-state index in [9.17, 15) is 8.42 Å². The molecule has 0 bridgehead atoms. The quantitative estimate of drug-likeness (QED) is 0.843. The third-order valence-electron chi connectivity index (χ3n) is 5.52. The third-order valence-corrected chi connectivity index (χ3v) is 7.23. The molecule has 0 radical (unpaired) electrons. The van der Waals surface area contributed by atoms with E-state index in [1.807, 2.05) is 19.9 Å². The fourth-order valence-electron chi connectivity index (χ4n) is 3.30. The summed E-state index contributed by atoms with van der Waals surface area (Å²) in [5.74, 6) is 0. The Kier molecular flexibility index (Phi) is 3.46. The summed E-state index contributed by atoms with van der Waals surface area (Å²) in [6.45, 7) is 13.8. The van der Waals surface area contributed by atoms with E-state index in [-0.39, 0.29) is 16.9 Å². The van der Waals surface area contributed by atoms with Crippen LogP contribution < -0.4 is 10.5 Å². The molecular formula is C16H26N2O2S. The van der Waals surface area contributed by atoms with Crippen LogP contribution in [0.4, 0.5) is 5.69 Å². The number of nitrogens with two attached hydrogens (primary N) is 1. The minimum absolute atomic E-state index is 0.0435. The topological polar surface area (TPSA) is 72.2 Å². The predicted molar refractivity (Wildman–Crippen MR) is 86.7 cm³/mol. The van der Waals surface area contributed by atoms with Gasteiger partial charge in [0.05, 0.1) is 4.90 Å². The van der Waals surface area contributed by atoms with Crippen molar-refractivity contribution in [1.82, 2.24) is 4.72 Å². The number of nitrogens with one attached hydrogen (secondary N) is 1. The van der Waals surface area contributed by atoms with Crippen molar-refractivity contribution in [2.75, 3.05) is 5.73 Å². The summed E-state index contributed by atoms with van der Waals surface area (Å²) in [7, 11) is -3.57. The second kappa shape index (κ2) is 4.46. The zero-order valence-electron chi connectivity index (χ0n) is 14.0. The van der Waals surface area contributed by atoms with E-state index in [1.165, 1.54) is 0 Å². The maximum Gasteiger partial charge on any atom is 0.241 e. The number of hydrogen-bond acceptors (Lipinski definition) is 3. The van der Waals surface area contributed by atoms with Gasteiger partial charge in [-0.2, -0.15) is 0 Å². The highest BCUT2D eigenvalue weighted by Gasteiger charge is 2.66. The Morgan fingerprint density at radius 1 is 1.05 bits per heavy atom. The van der Waals surface area contributed by atoms with Crippen LogP contribution in [0.1, 0.15) is 44.4 Å². The van der Waals surface area contributed by atoms with Crippen molar-refractivity contribution in [2.45, 2.75) is 59.4 Å². The van der Waals surface area contributed by atoms with Gasteiger partial charge < -0.3 is 5.73 Å². The molecular weight excluding hydrogens is 284 g/mol. The Labute approximate surface area is 128 Å². The van der Waals surface area contributed by atoms with Crippen LogP contribution in [-0.2, 0) is 10.0 Å². The van der Waals surface area contributed by atoms with Gasteiger partial charge in [-0.25, -0.2) is 13.1 Å². The lowest BCUT2D eigenvalue weighted by atomic mass is 10.0. The van der Waals surface area contributed by atoms with Crippen molar-refractivity contribution in [1.29, 1.82) is 0 Å². The summed E-state index contributed by atoms with van der Waals surface area (Å²) in [4.78, 5) is 0.323. The molecule has 0 aliphatic heterocycles. The average Bonchev–Trinajstić information content (AvgIpc) is 2.68. The molecule has 4 nitrogen and oxygen atoms in total. The molecule has 21 heavy (non-hydrogen) atoms. The number of benzene rings is 1. The van der Waals surface area contributed by atoms with E-state index < -0.39 is 10.0 Å². The summed E-state index contributed by atoms with van der Waals surface area (Å²) in [6, 6.07) is 1.77. The maximum atomic E-state index is 12.8. The highest BCUT2D eigenvalue weighted by molar-refractivity contribution is 7.89. The first-order valence-electron chi connectivity index (χ1n) is 7.22. The van der Waals surface area contributed by atoms with E-state index in [1.54, 1.807) is 6.92 Å². The summed E-state index contributed by atoms with van der Waals surface area (Å²) in [6.07, 6.45) is 0. The maximum absolute atomic E-state index is 12.8. The van der Waals surface area contributed by atoms with E-state index in [4.69, 9.17) is 5.73 Å². The molecule has 0 atom stereocenters. The van der Waals surface area contributed by atoms with Gasteiger partial charge >= 0.3 is 0 Å². The Morgan fingerprint density at radius 2 is 1.52 bits per heavy atom. The second-order valence-electron chi connectivity index (χ2n) is 7.38. The molecule has 0 unspecified atom stereocenters. The van der Waals surface area contributed by atoms with Crippen molar-refractivity contribution in [2.24, 2.45) is 10.8 Å². The van der Waals surface area contributed by atoms with Crippen molar-refractivity contribution in [3.8, 4) is 0 Å². The van der Waals surface area contributed by atoms with Crippen LogP contribution in [0.3, 0.4) is 0 Å². The van der Waals surface area contributed by atoms with Gasteiger partial charge in [0.1, 0.15) is 0 Å². The Morgan fingerprint density at radius 3 is 1.95 bits per heavy atom. The van der Waals surface area contributed by atoms with E-state index >= 15 is 0 Å². The number of aryl methyl sites for hydroxylation is 2. The molecule has 0 amide bonds. The summed E-state index contributed by atoms with van der Waals surface area (Å²) in [5.41, 5.74) is 8.76.